The van der Waals surface area contributed by atoms with Crippen molar-refractivity contribution in [3.8, 4) is 0 Å². The molecule has 4 nitrogen and oxygen atoms in total. The lowest BCUT2D eigenvalue weighted by Crippen LogP contribution is -2.42. The highest BCUT2D eigenvalue weighted by molar-refractivity contribution is 6.60. The highest BCUT2D eigenvalue weighted by Gasteiger charge is 2.36. The summed E-state index contributed by atoms with van der Waals surface area (Å²) in [4.78, 5) is 0. The van der Waals surface area contributed by atoms with Gasteiger partial charge in [0, 0.05) is 27.4 Å². The standard InChI is InChI=1S/C30H65NO3Si/c1-32-35(33-2,34-3)30-28-26-24-22-20-18-16-14-12-10-8-6-4-5-7-9-11-13-15-17-19-21-23-25-27-29-31/h4-31H2,1-3H3. The molecule has 35 heavy (non-hydrogen) atoms. The number of unbranched alkanes of at least 4 members (excludes halogenated alkanes) is 24. The summed E-state index contributed by atoms with van der Waals surface area (Å²) in [6.07, 6.45) is 35.1. The Hall–Kier alpha value is 0.0569. The first-order valence-electron chi connectivity index (χ1n) is 15.6. The van der Waals surface area contributed by atoms with Crippen molar-refractivity contribution in [2.24, 2.45) is 5.73 Å². The minimum absolute atomic E-state index is 0.867. The minimum atomic E-state index is -2.34. The Bertz CT molecular complexity index is 386. The first kappa shape index (κ1) is 35.1. The van der Waals surface area contributed by atoms with E-state index in [-0.39, 0.29) is 0 Å². The lowest BCUT2D eigenvalue weighted by atomic mass is 10.0. The predicted molar refractivity (Wildman–Crippen MR) is 156 cm³/mol. The fourth-order valence-electron chi connectivity index (χ4n) is 5.11. The van der Waals surface area contributed by atoms with Gasteiger partial charge in [0.05, 0.1) is 0 Å². The molecule has 2 N–H and O–H groups in total. The van der Waals surface area contributed by atoms with Crippen LogP contribution in [-0.2, 0) is 13.3 Å². The molecule has 0 aliphatic rings. The second-order valence-corrected chi connectivity index (χ2v) is 13.8. The molecule has 0 atom stereocenters. The Kier molecular flexibility index (Phi) is 28.7. The average molecular weight is 516 g/mol. The van der Waals surface area contributed by atoms with E-state index in [0.717, 1.165) is 19.0 Å². The van der Waals surface area contributed by atoms with Crippen molar-refractivity contribution >= 4 is 8.80 Å². The predicted octanol–water partition coefficient (Wildman–Crippen LogP) is 9.58. The third-order valence-corrected chi connectivity index (χ3v) is 10.5. The van der Waals surface area contributed by atoms with Crippen LogP contribution in [0, 0.1) is 0 Å². The van der Waals surface area contributed by atoms with Crippen molar-refractivity contribution in [3.63, 3.8) is 0 Å². The lowest BCUT2D eigenvalue weighted by molar-refractivity contribution is 0.122. The van der Waals surface area contributed by atoms with Crippen molar-refractivity contribution in [3.05, 3.63) is 0 Å². The summed E-state index contributed by atoms with van der Waals surface area (Å²) in [5.74, 6) is 0. The molecule has 212 valence electrons. The average Bonchev–Trinajstić information content (AvgIpc) is 2.89. The number of hydrogen-bond donors (Lipinski definition) is 1. The Morgan fingerprint density at radius 2 is 0.543 bits per heavy atom. The molecule has 0 amide bonds. The van der Waals surface area contributed by atoms with Crippen molar-refractivity contribution in [2.45, 2.75) is 167 Å². The van der Waals surface area contributed by atoms with Crippen LogP contribution in [0.2, 0.25) is 6.04 Å². The van der Waals surface area contributed by atoms with Gasteiger partial charge in [-0.2, -0.15) is 0 Å². The molecule has 0 radical (unpaired) electrons. The van der Waals surface area contributed by atoms with Gasteiger partial charge in [-0.1, -0.05) is 148 Å². The van der Waals surface area contributed by atoms with E-state index in [1.807, 2.05) is 0 Å². The van der Waals surface area contributed by atoms with E-state index in [0.29, 0.717) is 0 Å². The van der Waals surface area contributed by atoms with Crippen LogP contribution in [0.3, 0.4) is 0 Å². The monoisotopic (exact) mass is 515 g/mol. The summed E-state index contributed by atoms with van der Waals surface area (Å²) in [5, 5.41) is 0. The maximum absolute atomic E-state index is 5.54. The first-order valence-corrected chi connectivity index (χ1v) is 17.5. The zero-order valence-electron chi connectivity index (χ0n) is 24.4. The minimum Gasteiger partial charge on any atom is -0.377 e. The van der Waals surface area contributed by atoms with Crippen LogP contribution in [0.15, 0.2) is 0 Å². The van der Waals surface area contributed by atoms with Gasteiger partial charge >= 0.3 is 8.80 Å². The van der Waals surface area contributed by atoms with Crippen molar-refractivity contribution in [2.75, 3.05) is 27.9 Å². The van der Waals surface area contributed by atoms with Crippen molar-refractivity contribution in [1.29, 1.82) is 0 Å². The van der Waals surface area contributed by atoms with Crippen LogP contribution in [0.4, 0.5) is 0 Å². The van der Waals surface area contributed by atoms with E-state index in [9.17, 15) is 0 Å². The van der Waals surface area contributed by atoms with Gasteiger partial charge in [-0.25, -0.2) is 0 Å². The normalized spacial score (nSPS) is 12.0. The van der Waals surface area contributed by atoms with Gasteiger partial charge < -0.3 is 19.0 Å². The number of rotatable bonds is 30. The molecule has 0 unspecified atom stereocenters. The van der Waals surface area contributed by atoms with Crippen LogP contribution < -0.4 is 5.73 Å². The molecule has 0 spiro atoms. The summed E-state index contributed by atoms with van der Waals surface area (Å²) < 4.78 is 16.5. The zero-order chi connectivity index (χ0) is 25.7. The summed E-state index contributed by atoms with van der Waals surface area (Å²) in [6.45, 7) is 0.867. The second-order valence-electron chi connectivity index (χ2n) is 10.7. The van der Waals surface area contributed by atoms with Crippen LogP contribution in [-0.4, -0.2) is 36.7 Å². The van der Waals surface area contributed by atoms with Crippen molar-refractivity contribution in [1.82, 2.24) is 0 Å². The van der Waals surface area contributed by atoms with Crippen LogP contribution in [0.25, 0.3) is 0 Å². The van der Waals surface area contributed by atoms with E-state index in [2.05, 4.69) is 0 Å². The van der Waals surface area contributed by atoms with Crippen LogP contribution in [0.1, 0.15) is 161 Å². The molecule has 0 aromatic heterocycles. The van der Waals surface area contributed by atoms with E-state index in [1.165, 1.54) is 154 Å². The quantitative estimate of drug-likeness (QED) is 0.0764. The lowest BCUT2D eigenvalue weighted by Gasteiger charge is -2.24. The summed E-state index contributed by atoms with van der Waals surface area (Å²) >= 11 is 0. The molecule has 0 saturated heterocycles. The third kappa shape index (κ3) is 24.2. The highest BCUT2D eigenvalue weighted by atomic mass is 28.4. The summed E-state index contributed by atoms with van der Waals surface area (Å²) in [5.41, 5.74) is 5.54. The summed E-state index contributed by atoms with van der Waals surface area (Å²) in [7, 11) is 2.78. The van der Waals surface area contributed by atoms with Gasteiger partial charge in [0.15, 0.2) is 0 Å². The van der Waals surface area contributed by atoms with Gasteiger partial charge in [-0.3, -0.25) is 0 Å². The molecule has 0 aliphatic heterocycles. The van der Waals surface area contributed by atoms with E-state index in [4.69, 9.17) is 19.0 Å². The Labute approximate surface area is 222 Å². The Morgan fingerprint density at radius 3 is 0.743 bits per heavy atom. The SMILES string of the molecule is CO[Si](CCCCCCCCCCCCCCCCCCCCCCCCCCCN)(OC)OC. The Balaban J connectivity index is 3.14. The van der Waals surface area contributed by atoms with Gasteiger partial charge in [-0.05, 0) is 19.4 Å². The van der Waals surface area contributed by atoms with Crippen molar-refractivity contribution < 1.29 is 13.3 Å². The van der Waals surface area contributed by atoms with Gasteiger partial charge in [0.1, 0.15) is 0 Å². The fourth-order valence-corrected chi connectivity index (χ4v) is 6.90. The first-order chi connectivity index (χ1) is 17.2. The molecule has 0 fully saturated rings. The topological polar surface area (TPSA) is 53.7 Å². The van der Waals surface area contributed by atoms with E-state index < -0.39 is 8.80 Å². The summed E-state index contributed by atoms with van der Waals surface area (Å²) in [6, 6.07) is 0.938. The number of nitrogens with two attached hydrogens (primary N) is 1. The molecule has 0 heterocycles. The molecular weight excluding hydrogens is 450 g/mol. The molecule has 0 rings (SSSR count). The van der Waals surface area contributed by atoms with Crippen LogP contribution in [0.5, 0.6) is 0 Å². The molecule has 0 bridgehead atoms. The van der Waals surface area contributed by atoms with Crippen LogP contribution >= 0.6 is 0 Å². The van der Waals surface area contributed by atoms with E-state index >= 15 is 0 Å². The van der Waals surface area contributed by atoms with Gasteiger partial charge in [-0.15, -0.1) is 0 Å². The zero-order valence-corrected chi connectivity index (χ0v) is 25.4. The molecule has 0 aromatic rings. The molecule has 0 aromatic carbocycles. The largest absolute Gasteiger partial charge is 0.500 e. The smallest absolute Gasteiger partial charge is 0.377 e. The van der Waals surface area contributed by atoms with Gasteiger partial charge in [0.2, 0.25) is 0 Å². The third-order valence-electron chi connectivity index (χ3n) is 7.62. The maximum atomic E-state index is 5.54. The fraction of sp³-hybridized carbons (Fsp3) is 1.00. The maximum Gasteiger partial charge on any atom is 0.500 e. The molecular formula is C30H65NO3Si. The van der Waals surface area contributed by atoms with Gasteiger partial charge in [0.25, 0.3) is 0 Å². The Morgan fingerprint density at radius 1 is 0.343 bits per heavy atom. The molecule has 0 saturated carbocycles. The second kappa shape index (κ2) is 28.6. The highest BCUT2D eigenvalue weighted by Crippen LogP contribution is 2.19. The number of hydrogen-bond acceptors (Lipinski definition) is 4. The van der Waals surface area contributed by atoms with E-state index in [1.54, 1.807) is 21.3 Å². The molecule has 5 heteroatoms. The molecule has 0 aliphatic carbocycles.